The first kappa shape index (κ1) is 18.3. The predicted octanol–water partition coefficient (Wildman–Crippen LogP) is 3.45. The summed E-state index contributed by atoms with van der Waals surface area (Å²) < 4.78 is 10.5. The molecule has 7 nitrogen and oxygen atoms in total. The van der Waals surface area contributed by atoms with E-state index in [1.165, 1.54) is 30.2 Å². The SMILES string of the molecule is COc1ccc([N+](=O)[O-])cc1C(=O)N(C)[C@H](C)c1ccccc1OC. The summed E-state index contributed by atoms with van der Waals surface area (Å²) in [6, 6.07) is 11.1. The van der Waals surface area contributed by atoms with Crippen LogP contribution in [0.2, 0.25) is 0 Å². The van der Waals surface area contributed by atoms with Crippen LogP contribution in [0.5, 0.6) is 11.5 Å². The number of benzene rings is 2. The summed E-state index contributed by atoms with van der Waals surface area (Å²) in [5, 5.41) is 11.0. The van der Waals surface area contributed by atoms with E-state index >= 15 is 0 Å². The zero-order chi connectivity index (χ0) is 18.6. The van der Waals surface area contributed by atoms with Gasteiger partial charge in [-0.2, -0.15) is 0 Å². The van der Waals surface area contributed by atoms with Gasteiger partial charge in [-0.05, 0) is 19.1 Å². The molecule has 0 radical (unpaired) electrons. The molecule has 25 heavy (non-hydrogen) atoms. The van der Waals surface area contributed by atoms with E-state index in [1.807, 2.05) is 31.2 Å². The van der Waals surface area contributed by atoms with E-state index in [2.05, 4.69) is 0 Å². The van der Waals surface area contributed by atoms with E-state index in [0.717, 1.165) is 5.56 Å². The van der Waals surface area contributed by atoms with E-state index in [0.29, 0.717) is 5.75 Å². The summed E-state index contributed by atoms with van der Waals surface area (Å²) >= 11 is 0. The maximum Gasteiger partial charge on any atom is 0.270 e. The Morgan fingerprint density at radius 2 is 1.76 bits per heavy atom. The molecule has 0 aliphatic rings. The van der Waals surface area contributed by atoms with Gasteiger partial charge in [-0.15, -0.1) is 0 Å². The van der Waals surface area contributed by atoms with Gasteiger partial charge in [0.2, 0.25) is 0 Å². The smallest absolute Gasteiger partial charge is 0.270 e. The molecule has 1 atom stereocenters. The Morgan fingerprint density at radius 1 is 1.12 bits per heavy atom. The van der Waals surface area contributed by atoms with Crippen LogP contribution in [0.1, 0.15) is 28.9 Å². The number of para-hydroxylation sites is 1. The van der Waals surface area contributed by atoms with Crippen LogP contribution in [0.15, 0.2) is 42.5 Å². The lowest BCUT2D eigenvalue weighted by molar-refractivity contribution is -0.384. The molecule has 2 aromatic rings. The van der Waals surface area contributed by atoms with Gasteiger partial charge in [0, 0.05) is 24.7 Å². The quantitative estimate of drug-likeness (QED) is 0.592. The number of ether oxygens (including phenoxy) is 2. The molecular formula is C18H20N2O5. The standard InChI is InChI=1S/C18H20N2O5/c1-12(14-7-5-6-8-16(14)24-3)19(2)18(21)15-11-13(20(22)23)9-10-17(15)25-4/h5-12H,1-4H3/t12-/m1/s1. The Balaban J connectivity index is 2.39. The van der Waals surface area contributed by atoms with Crippen molar-refractivity contribution in [3.63, 3.8) is 0 Å². The highest BCUT2D eigenvalue weighted by atomic mass is 16.6. The highest BCUT2D eigenvalue weighted by Gasteiger charge is 2.25. The number of carbonyl (C=O) groups is 1. The topological polar surface area (TPSA) is 81.9 Å². The first-order valence-corrected chi connectivity index (χ1v) is 7.63. The largest absolute Gasteiger partial charge is 0.496 e. The van der Waals surface area contributed by atoms with Crippen molar-refractivity contribution in [2.24, 2.45) is 0 Å². The van der Waals surface area contributed by atoms with Gasteiger partial charge in [0.15, 0.2) is 0 Å². The van der Waals surface area contributed by atoms with Gasteiger partial charge in [0.25, 0.3) is 11.6 Å². The minimum atomic E-state index is -0.542. The van der Waals surface area contributed by atoms with E-state index in [9.17, 15) is 14.9 Å². The first-order chi connectivity index (χ1) is 11.9. The summed E-state index contributed by atoms with van der Waals surface area (Å²) in [6.45, 7) is 1.86. The molecule has 0 saturated heterocycles. The second-order valence-corrected chi connectivity index (χ2v) is 5.48. The molecule has 0 N–H and O–H groups in total. The second kappa shape index (κ2) is 7.65. The van der Waals surface area contributed by atoms with Crippen molar-refractivity contribution in [2.45, 2.75) is 13.0 Å². The molecule has 0 fully saturated rings. The maximum atomic E-state index is 12.9. The van der Waals surface area contributed by atoms with Crippen molar-refractivity contribution in [1.82, 2.24) is 4.90 Å². The molecule has 0 bridgehead atoms. The third kappa shape index (κ3) is 3.71. The molecule has 0 aliphatic carbocycles. The molecule has 0 spiro atoms. The molecule has 0 unspecified atom stereocenters. The molecule has 0 aliphatic heterocycles. The highest BCUT2D eigenvalue weighted by molar-refractivity contribution is 5.97. The Kier molecular flexibility index (Phi) is 5.59. The van der Waals surface area contributed by atoms with Crippen LogP contribution in [0, 0.1) is 10.1 Å². The van der Waals surface area contributed by atoms with Crippen LogP contribution in [0.4, 0.5) is 5.69 Å². The van der Waals surface area contributed by atoms with Crippen LogP contribution in [0.3, 0.4) is 0 Å². The fourth-order valence-corrected chi connectivity index (χ4v) is 2.56. The lowest BCUT2D eigenvalue weighted by atomic mass is 10.0. The summed E-state index contributed by atoms with van der Waals surface area (Å²) in [6.07, 6.45) is 0. The van der Waals surface area contributed by atoms with Crippen LogP contribution < -0.4 is 9.47 Å². The number of methoxy groups -OCH3 is 2. The summed E-state index contributed by atoms with van der Waals surface area (Å²) in [5.74, 6) is 0.578. The molecule has 0 aromatic heterocycles. The molecule has 2 aromatic carbocycles. The zero-order valence-corrected chi connectivity index (χ0v) is 14.6. The van der Waals surface area contributed by atoms with E-state index < -0.39 is 4.92 Å². The average Bonchev–Trinajstić information content (AvgIpc) is 2.65. The first-order valence-electron chi connectivity index (χ1n) is 7.63. The number of nitro benzene ring substituents is 1. The third-order valence-electron chi connectivity index (χ3n) is 4.11. The second-order valence-electron chi connectivity index (χ2n) is 5.48. The molecule has 2 rings (SSSR count). The van der Waals surface area contributed by atoms with Gasteiger partial charge < -0.3 is 14.4 Å². The normalized spacial score (nSPS) is 11.5. The van der Waals surface area contributed by atoms with Gasteiger partial charge >= 0.3 is 0 Å². The average molecular weight is 344 g/mol. The number of hydrogen-bond donors (Lipinski definition) is 0. The highest BCUT2D eigenvalue weighted by Crippen LogP contribution is 2.31. The van der Waals surface area contributed by atoms with Gasteiger partial charge in [-0.25, -0.2) is 0 Å². The molecular weight excluding hydrogens is 324 g/mol. The number of amides is 1. The fourth-order valence-electron chi connectivity index (χ4n) is 2.56. The Bertz CT molecular complexity index is 791. The van der Waals surface area contributed by atoms with Crippen LogP contribution in [0.25, 0.3) is 0 Å². The minimum Gasteiger partial charge on any atom is -0.496 e. The number of rotatable bonds is 6. The van der Waals surface area contributed by atoms with Gasteiger partial charge in [-0.3, -0.25) is 14.9 Å². The van der Waals surface area contributed by atoms with Gasteiger partial charge in [-0.1, -0.05) is 18.2 Å². The maximum absolute atomic E-state index is 12.9. The van der Waals surface area contributed by atoms with Crippen LogP contribution in [-0.2, 0) is 0 Å². The van der Waals surface area contributed by atoms with Crippen molar-refractivity contribution in [3.8, 4) is 11.5 Å². The molecule has 0 saturated carbocycles. The molecule has 7 heteroatoms. The summed E-state index contributed by atoms with van der Waals surface area (Å²) in [4.78, 5) is 24.9. The predicted molar refractivity (Wildman–Crippen MR) is 93.2 cm³/mol. The molecule has 132 valence electrons. The summed E-state index contributed by atoms with van der Waals surface area (Å²) in [7, 11) is 4.62. The number of carbonyl (C=O) groups excluding carboxylic acids is 1. The zero-order valence-electron chi connectivity index (χ0n) is 14.6. The van der Waals surface area contributed by atoms with Crippen LogP contribution >= 0.6 is 0 Å². The Labute approximate surface area is 145 Å². The lowest BCUT2D eigenvalue weighted by Gasteiger charge is -2.27. The molecule has 1 amide bonds. The lowest BCUT2D eigenvalue weighted by Crippen LogP contribution is -2.30. The Hall–Kier alpha value is -3.09. The number of nitrogens with zero attached hydrogens (tertiary/aromatic N) is 2. The van der Waals surface area contributed by atoms with Crippen molar-refractivity contribution in [3.05, 3.63) is 63.7 Å². The van der Waals surface area contributed by atoms with Crippen molar-refractivity contribution < 1.29 is 19.2 Å². The van der Waals surface area contributed by atoms with Crippen molar-refractivity contribution >= 4 is 11.6 Å². The van der Waals surface area contributed by atoms with Gasteiger partial charge in [0.05, 0.1) is 30.7 Å². The monoisotopic (exact) mass is 344 g/mol. The fraction of sp³-hybridized carbons (Fsp3) is 0.278. The summed E-state index contributed by atoms with van der Waals surface area (Å²) in [5.41, 5.74) is 0.814. The van der Waals surface area contributed by atoms with E-state index in [1.54, 1.807) is 14.2 Å². The van der Waals surface area contributed by atoms with Crippen LogP contribution in [-0.4, -0.2) is 37.0 Å². The number of non-ortho nitro benzene ring substituents is 1. The third-order valence-corrected chi connectivity index (χ3v) is 4.11. The molecule has 0 heterocycles. The van der Waals surface area contributed by atoms with Crippen molar-refractivity contribution in [2.75, 3.05) is 21.3 Å². The van der Waals surface area contributed by atoms with E-state index in [4.69, 9.17) is 9.47 Å². The Morgan fingerprint density at radius 3 is 2.36 bits per heavy atom. The van der Waals surface area contributed by atoms with E-state index in [-0.39, 0.29) is 28.9 Å². The number of hydrogen-bond acceptors (Lipinski definition) is 5. The van der Waals surface area contributed by atoms with Crippen molar-refractivity contribution in [1.29, 1.82) is 0 Å². The van der Waals surface area contributed by atoms with Gasteiger partial charge in [0.1, 0.15) is 11.5 Å². The minimum absolute atomic E-state index is 0.140. The number of nitro groups is 1.